The van der Waals surface area contributed by atoms with Gasteiger partial charge in [-0.3, -0.25) is 4.57 Å². The first-order valence-corrected chi connectivity index (χ1v) is 12.6. The van der Waals surface area contributed by atoms with Crippen LogP contribution in [0.2, 0.25) is 0 Å². The van der Waals surface area contributed by atoms with Crippen LogP contribution in [0, 0.1) is 0 Å². The van der Waals surface area contributed by atoms with E-state index < -0.39 is 13.8 Å². The van der Waals surface area contributed by atoms with E-state index in [4.69, 9.17) is 28.2 Å². The zero-order chi connectivity index (χ0) is 23.2. The zero-order valence-electron chi connectivity index (χ0n) is 19.5. The van der Waals surface area contributed by atoms with Crippen molar-refractivity contribution in [1.82, 2.24) is 19.6 Å². The molecule has 0 aromatic heterocycles. The number of ether oxygens (including phenoxy) is 5. The topological polar surface area (TPSA) is 111 Å². The molecule has 2 rings (SSSR count). The van der Waals surface area contributed by atoms with Gasteiger partial charge in [-0.2, -0.15) is 0 Å². The van der Waals surface area contributed by atoms with Gasteiger partial charge in [0.2, 0.25) is 0 Å². The molecular formula is C19H39N4O8P. The molecule has 0 saturated carbocycles. The molecule has 0 aromatic rings. The number of rotatable bonds is 14. The summed E-state index contributed by atoms with van der Waals surface area (Å²) in [6.07, 6.45) is -0.515. The highest BCUT2D eigenvalue weighted by molar-refractivity contribution is 7.53. The number of carbonyl (C=O) groups is 1. The van der Waals surface area contributed by atoms with E-state index in [0.717, 1.165) is 6.54 Å². The Hall–Kier alpha value is -0.820. The molecule has 2 fully saturated rings. The van der Waals surface area contributed by atoms with Crippen LogP contribution in [0.5, 0.6) is 0 Å². The molecule has 2 atom stereocenters. The lowest BCUT2D eigenvalue weighted by atomic mass is 10.3. The predicted molar refractivity (Wildman–Crippen MR) is 118 cm³/mol. The molecular weight excluding hydrogens is 443 g/mol. The summed E-state index contributed by atoms with van der Waals surface area (Å²) in [6.45, 7) is 6.51. The Morgan fingerprint density at radius 2 is 1.72 bits per heavy atom. The van der Waals surface area contributed by atoms with Gasteiger partial charge in [0.25, 0.3) is 0 Å². The molecule has 1 amide bonds. The fraction of sp³-hybridized carbons (Fsp3) is 0.947. The van der Waals surface area contributed by atoms with E-state index in [0.29, 0.717) is 72.4 Å². The van der Waals surface area contributed by atoms with Crippen molar-refractivity contribution < 1.29 is 37.6 Å². The largest absolute Gasteiger partial charge is 0.447 e. The second-order valence-corrected chi connectivity index (χ2v) is 10.2. The van der Waals surface area contributed by atoms with E-state index in [1.807, 2.05) is 0 Å². The first kappa shape index (κ1) is 27.4. The third kappa shape index (κ3) is 9.20. The summed E-state index contributed by atoms with van der Waals surface area (Å²) in [5.41, 5.74) is 0. The molecule has 1 N–H and O–H groups in total. The maximum Gasteiger partial charge on any atom is 0.409 e. The number of hydrogen-bond donors (Lipinski definition) is 1. The zero-order valence-corrected chi connectivity index (χ0v) is 20.4. The summed E-state index contributed by atoms with van der Waals surface area (Å²) in [6, 6.07) is 0. The first-order chi connectivity index (χ1) is 15.5. The lowest BCUT2D eigenvalue weighted by Gasteiger charge is -2.40. The normalized spacial score (nSPS) is 22.1. The van der Waals surface area contributed by atoms with E-state index in [-0.39, 0.29) is 19.3 Å². The minimum atomic E-state index is -3.19. The minimum Gasteiger partial charge on any atom is -0.447 e. The van der Waals surface area contributed by atoms with Crippen LogP contribution in [-0.2, 0) is 32.8 Å². The molecule has 0 radical (unpaired) electrons. The predicted octanol–water partition coefficient (Wildman–Crippen LogP) is 0.0949. The highest BCUT2D eigenvalue weighted by Crippen LogP contribution is 2.52. The van der Waals surface area contributed by atoms with Crippen LogP contribution < -0.4 is 5.32 Å². The van der Waals surface area contributed by atoms with Crippen molar-refractivity contribution in [1.29, 1.82) is 0 Å². The van der Waals surface area contributed by atoms with Crippen LogP contribution in [0.3, 0.4) is 0 Å². The lowest BCUT2D eigenvalue weighted by molar-refractivity contribution is -0.00460. The first-order valence-electron chi connectivity index (χ1n) is 11.0. The Bertz CT molecular complexity index is 572. The number of hydrogen-bond acceptors (Lipinski definition) is 9. The van der Waals surface area contributed by atoms with Gasteiger partial charge < -0.3 is 38.4 Å². The Morgan fingerprint density at radius 1 is 1.06 bits per heavy atom. The quantitative estimate of drug-likeness (QED) is 0.269. The molecule has 0 bridgehead atoms. The van der Waals surface area contributed by atoms with Gasteiger partial charge in [-0.1, -0.05) is 0 Å². The monoisotopic (exact) mass is 482 g/mol. The highest BCUT2D eigenvalue weighted by Gasteiger charge is 2.38. The minimum absolute atomic E-state index is 0.118. The standard InChI is InChI=1S/C19H39N4O8P/c1-21(2)32(25,31-17-18-16-20-4-9-29-18)23-7-5-22(6-8-23)19(24)30-15-14-28-13-12-27-11-10-26-3/h18,20H,4-17H2,1-3H3. The van der Waals surface area contributed by atoms with E-state index in [1.165, 1.54) is 0 Å². The van der Waals surface area contributed by atoms with E-state index >= 15 is 0 Å². The molecule has 188 valence electrons. The molecule has 32 heavy (non-hydrogen) atoms. The Labute approximate surface area is 190 Å². The average Bonchev–Trinajstić information content (AvgIpc) is 2.82. The van der Waals surface area contributed by atoms with Crippen LogP contribution in [0.4, 0.5) is 4.79 Å². The summed E-state index contributed by atoms with van der Waals surface area (Å²) in [4.78, 5) is 13.9. The Kier molecular flexibility index (Phi) is 13.0. The van der Waals surface area contributed by atoms with Gasteiger partial charge in [0.15, 0.2) is 0 Å². The number of morpholine rings is 1. The molecule has 13 heteroatoms. The second-order valence-electron chi connectivity index (χ2n) is 7.60. The molecule has 2 aliphatic heterocycles. The SMILES string of the molecule is COCCOCCOCCOC(=O)N1CCN(P(=O)(OCC2CNCCO2)N(C)C)CC1. The van der Waals surface area contributed by atoms with Crippen molar-refractivity contribution in [2.45, 2.75) is 6.10 Å². The van der Waals surface area contributed by atoms with E-state index in [2.05, 4.69) is 5.32 Å². The van der Waals surface area contributed by atoms with Crippen molar-refractivity contribution in [2.24, 2.45) is 0 Å². The van der Waals surface area contributed by atoms with Gasteiger partial charge in [0.1, 0.15) is 6.61 Å². The Morgan fingerprint density at radius 3 is 2.31 bits per heavy atom. The fourth-order valence-corrected chi connectivity index (χ4v) is 5.18. The van der Waals surface area contributed by atoms with Gasteiger partial charge in [-0.15, -0.1) is 0 Å². The summed E-state index contributed by atoms with van der Waals surface area (Å²) in [7, 11) is 1.91. The maximum atomic E-state index is 13.5. The van der Waals surface area contributed by atoms with Gasteiger partial charge in [0, 0.05) is 46.4 Å². The van der Waals surface area contributed by atoms with Crippen molar-refractivity contribution in [3.8, 4) is 0 Å². The number of piperazine rings is 1. The van der Waals surface area contributed by atoms with Gasteiger partial charge >= 0.3 is 13.8 Å². The van der Waals surface area contributed by atoms with Crippen molar-refractivity contribution in [2.75, 3.05) is 113 Å². The maximum absolute atomic E-state index is 13.5. The third-order valence-electron chi connectivity index (χ3n) is 5.07. The number of methoxy groups -OCH3 is 1. The number of amides is 1. The highest BCUT2D eigenvalue weighted by atomic mass is 31.2. The number of nitrogens with one attached hydrogen (secondary N) is 1. The van der Waals surface area contributed by atoms with Crippen LogP contribution >= 0.6 is 7.67 Å². The van der Waals surface area contributed by atoms with Crippen LogP contribution in [0.25, 0.3) is 0 Å². The van der Waals surface area contributed by atoms with Gasteiger partial charge in [0.05, 0.1) is 52.4 Å². The van der Waals surface area contributed by atoms with Crippen LogP contribution in [0.1, 0.15) is 0 Å². The van der Waals surface area contributed by atoms with Crippen LogP contribution in [0.15, 0.2) is 0 Å². The summed E-state index contributed by atoms with van der Waals surface area (Å²) < 4.78 is 49.3. The summed E-state index contributed by atoms with van der Waals surface area (Å²) >= 11 is 0. The van der Waals surface area contributed by atoms with Crippen LogP contribution in [-0.4, -0.2) is 140 Å². The second kappa shape index (κ2) is 15.2. The van der Waals surface area contributed by atoms with Crippen molar-refractivity contribution >= 4 is 13.8 Å². The Balaban J connectivity index is 1.64. The van der Waals surface area contributed by atoms with Gasteiger partial charge in [-0.05, 0) is 14.1 Å². The van der Waals surface area contributed by atoms with Crippen molar-refractivity contribution in [3.05, 3.63) is 0 Å². The molecule has 0 spiro atoms. The van der Waals surface area contributed by atoms with E-state index in [1.54, 1.807) is 35.4 Å². The molecule has 0 aromatic carbocycles. The molecule has 2 heterocycles. The van der Waals surface area contributed by atoms with Crippen molar-refractivity contribution in [3.63, 3.8) is 0 Å². The smallest absolute Gasteiger partial charge is 0.409 e. The molecule has 2 aliphatic rings. The lowest BCUT2D eigenvalue weighted by Crippen LogP contribution is -2.49. The molecule has 2 unspecified atom stereocenters. The number of carbonyl (C=O) groups excluding carboxylic acids is 1. The fourth-order valence-electron chi connectivity index (χ4n) is 3.23. The third-order valence-corrected chi connectivity index (χ3v) is 7.68. The molecule has 0 aliphatic carbocycles. The van der Waals surface area contributed by atoms with Gasteiger partial charge in [-0.25, -0.2) is 14.1 Å². The molecule has 2 saturated heterocycles. The summed E-state index contributed by atoms with van der Waals surface area (Å²) in [5.74, 6) is 0. The summed E-state index contributed by atoms with van der Waals surface area (Å²) in [5, 5.41) is 3.24. The average molecular weight is 483 g/mol. The number of nitrogens with zero attached hydrogens (tertiary/aromatic N) is 3. The molecule has 12 nitrogen and oxygen atoms in total. The van der Waals surface area contributed by atoms with E-state index in [9.17, 15) is 9.36 Å².